The number of carbonyl (C=O) groups is 4. The van der Waals surface area contributed by atoms with E-state index in [1.54, 1.807) is 32.0 Å². The fourth-order valence-corrected chi connectivity index (χ4v) is 3.17. The molecule has 8 heteroatoms. The molecule has 26 heavy (non-hydrogen) atoms. The van der Waals surface area contributed by atoms with Gasteiger partial charge in [0.05, 0.1) is 12.6 Å². The van der Waals surface area contributed by atoms with Crippen LogP contribution in [0.2, 0.25) is 0 Å². The minimum Gasteiger partial charge on any atom is -0.357 e. The van der Waals surface area contributed by atoms with Crippen LogP contribution in [0.5, 0.6) is 0 Å². The van der Waals surface area contributed by atoms with E-state index in [-0.39, 0.29) is 36.2 Å². The van der Waals surface area contributed by atoms with Gasteiger partial charge in [-0.15, -0.1) is 0 Å². The van der Waals surface area contributed by atoms with Gasteiger partial charge >= 0.3 is 0 Å². The highest BCUT2D eigenvalue weighted by molar-refractivity contribution is 5.97. The molecule has 0 radical (unpaired) electrons. The second-order valence-electron chi connectivity index (χ2n) is 6.86. The van der Waals surface area contributed by atoms with Crippen LogP contribution in [0.4, 0.5) is 0 Å². The SMILES string of the molecule is CNC(=O)[C@@H]1CCCN1C(=O)C(C)=C[C@H](C(C)C)N(C)C(=O)CNC=O. The molecule has 2 atom stereocenters. The minimum absolute atomic E-state index is 0.0799. The zero-order valence-corrected chi connectivity index (χ0v) is 16.2. The molecular formula is C18H30N4O4. The predicted molar refractivity (Wildman–Crippen MR) is 98.0 cm³/mol. The Morgan fingerprint density at radius 3 is 2.50 bits per heavy atom. The van der Waals surface area contributed by atoms with E-state index in [4.69, 9.17) is 0 Å². The van der Waals surface area contributed by atoms with Gasteiger partial charge in [0, 0.05) is 26.2 Å². The first-order valence-corrected chi connectivity index (χ1v) is 8.88. The number of amides is 4. The lowest BCUT2D eigenvalue weighted by Crippen LogP contribution is -2.46. The molecule has 0 aromatic heterocycles. The van der Waals surface area contributed by atoms with Gasteiger partial charge in [-0.25, -0.2) is 0 Å². The van der Waals surface area contributed by atoms with Crippen molar-refractivity contribution in [1.82, 2.24) is 20.4 Å². The maximum absolute atomic E-state index is 12.8. The van der Waals surface area contributed by atoms with Crippen LogP contribution >= 0.6 is 0 Å². The van der Waals surface area contributed by atoms with Gasteiger partial charge in [0.1, 0.15) is 6.04 Å². The second kappa shape index (κ2) is 9.94. The van der Waals surface area contributed by atoms with Crippen LogP contribution in [0.25, 0.3) is 0 Å². The van der Waals surface area contributed by atoms with Crippen molar-refractivity contribution in [1.29, 1.82) is 0 Å². The van der Waals surface area contributed by atoms with Gasteiger partial charge in [0.15, 0.2) is 0 Å². The smallest absolute Gasteiger partial charge is 0.249 e. The van der Waals surface area contributed by atoms with Crippen molar-refractivity contribution in [2.24, 2.45) is 5.92 Å². The highest BCUT2D eigenvalue weighted by Gasteiger charge is 2.34. The summed E-state index contributed by atoms with van der Waals surface area (Å²) < 4.78 is 0. The van der Waals surface area contributed by atoms with Gasteiger partial charge in [-0.1, -0.05) is 19.9 Å². The van der Waals surface area contributed by atoms with Crippen LogP contribution in [-0.4, -0.2) is 73.2 Å². The molecular weight excluding hydrogens is 336 g/mol. The lowest BCUT2D eigenvalue weighted by Gasteiger charge is -2.30. The first kappa shape index (κ1) is 21.7. The Balaban J connectivity index is 2.94. The minimum atomic E-state index is -0.440. The van der Waals surface area contributed by atoms with E-state index in [0.717, 1.165) is 6.42 Å². The van der Waals surface area contributed by atoms with Gasteiger partial charge in [-0.05, 0) is 25.7 Å². The number of hydrogen-bond donors (Lipinski definition) is 2. The average Bonchev–Trinajstić information content (AvgIpc) is 3.11. The Bertz CT molecular complexity index is 574. The molecule has 1 rings (SSSR count). The maximum Gasteiger partial charge on any atom is 0.249 e. The zero-order chi connectivity index (χ0) is 19.9. The Morgan fingerprint density at radius 1 is 1.31 bits per heavy atom. The van der Waals surface area contributed by atoms with Gasteiger partial charge in [-0.3, -0.25) is 19.2 Å². The zero-order valence-electron chi connectivity index (χ0n) is 16.2. The van der Waals surface area contributed by atoms with Crippen molar-refractivity contribution in [3.05, 3.63) is 11.6 Å². The van der Waals surface area contributed by atoms with Crippen molar-refractivity contribution in [2.75, 3.05) is 27.2 Å². The highest BCUT2D eigenvalue weighted by atomic mass is 16.2. The van der Waals surface area contributed by atoms with Crippen LogP contribution in [0.1, 0.15) is 33.6 Å². The molecule has 0 unspecified atom stereocenters. The Morgan fingerprint density at radius 2 is 1.96 bits per heavy atom. The number of likely N-dealkylation sites (tertiary alicyclic amines) is 1. The summed E-state index contributed by atoms with van der Waals surface area (Å²) >= 11 is 0. The molecule has 0 spiro atoms. The third-order valence-electron chi connectivity index (χ3n) is 4.68. The number of likely N-dealkylation sites (N-methyl/N-ethyl adjacent to an activating group) is 2. The van der Waals surface area contributed by atoms with Crippen LogP contribution in [0.3, 0.4) is 0 Å². The fraction of sp³-hybridized carbons (Fsp3) is 0.667. The van der Waals surface area contributed by atoms with Gasteiger partial charge in [0.25, 0.3) is 0 Å². The van der Waals surface area contributed by atoms with Crippen LogP contribution < -0.4 is 10.6 Å². The summed E-state index contributed by atoms with van der Waals surface area (Å²) in [6.45, 7) is 6.08. The molecule has 0 aromatic rings. The quantitative estimate of drug-likeness (QED) is 0.463. The molecule has 146 valence electrons. The lowest BCUT2D eigenvalue weighted by molar-refractivity contribution is -0.135. The second-order valence-corrected chi connectivity index (χ2v) is 6.86. The largest absolute Gasteiger partial charge is 0.357 e. The van der Waals surface area contributed by atoms with Gasteiger partial charge in [-0.2, -0.15) is 0 Å². The van der Waals surface area contributed by atoms with E-state index >= 15 is 0 Å². The molecule has 0 aliphatic carbocycles. The summed E-state index contributed by atoms with van der Waals surface area (Å²) in [5, 5.41) is 4.96. The Hall–Kier alpha value is -2.38. The number of rotatable bonds is 8. The Labute approximate surface area is 155 Å². The van der Waals surface area contributed by atoms with E-state index in [1.165, 1.54) is 4.90 Å². The molecule has 0 bridgehead atoms. The summed E-state index contributed by atoms with van der Waals surface area (Å²) in [4.78, 5) is 50.4. The normalized spacial score (nSPS) is 18.5. The lowest BCUT2D eigenvalue weighted by atomic mass is 9.99. The van der Waals surface area contributed by atoms with Crippen LogP contribution in [-0.2, 0) is 19.2 Å². The van der Waals surface area contributed by atoms with Crippen molar-refractivity contribution >= 4 is 24.1 Å². The first-order chi connectivity index (χ1) is 12.2. The third-order valence-corrected chi connectivity index (χ3v) is 4.68. The molecule has 8 nitrogen and oxygen atoms in total. The number of hydrogen-bond acceptors (Lipinski definition) is 4. The van der Waals surface area contributed by atoms with Crippen molar-refractivity contribution < 1.29 is 19.2 Å². The molecule has 1 fully saturated rings. The molecule has 4 amide bonds. The molecule has 2 N–H and O–H groups in total. The molecule has 1 saturated heterocycles. The topological polar surface area (TPSA) is 98.8 Å². The predicted octanol–water partition coefficient (Wildman–Crippen LogP) is -0.101. The van der Waals surface area contributed by atoms with Crippen LogP contribution in [0, 0.1) is 5.92 Å². The summed E-state index contributed by atoms with van der Waals surface area (Å²) in [5.41, 5.74) is 0.502. The molecule has 1 heterocycles. The highest BCUT2D eigenvalue weighted by Crippen LogP contribution is 2.21. The van der Waals surface area contributed by atoms with Crippen molar-refractivity contribution in [2.45, 2.75) is 45.7 Å². The van der Waals surface area contributed by atoms with Gasteiger partial charge < -0.3 is 20.4 Å². The monoisotopic (exact) mass is 366 g/mol. The van der Waals surface area contributed by atoms with E-state index in [9.17, 15) is 19.2 Å². The van der Waals surface area contributed by atoms with E-state index in [1.807, 2.05) is 13.8 Å². The number of carbonyl (C=O) groups excluding carboxylic acids is 4. The van der Waals surface area contributed by atoms with Crippen molar-refractivity contribution in [3.8, 4) is 0 Å². The maximum atomic E-state index is 12.8. The summed E-state index contributed by atoms with van der Waals surface area (Å²) in [7, 11) is 3.21. The average molecular weight is 366 g/mol. The van der Waals surface area contributed by atoms with Gasteiger partial charge in [0.2, 0.25) is 24.1 Å². The molecule has 1 aliphatic heterocycles. The number of nitrogens with one attached hydrogen (secondary N) is 2. The standard InChI is InChI=1S/C18H30N4O4/c1-12(2)15(21(5)16(24)10-20-11-23)9-13(3)18(26)22-8-6-7-14(22)17(25)19-4/h9,11-12,14-15H,6-8,10H2,1-5H3,(H,19,25)(H,20,23)/t14-,15+/m0/s1. The summed E-state index contributed by atoms with van der Waals surface area (Å²) in [6.07, 6.45) is 3.70. The van der Waals surface area contributed by atoms with E-state index < -0.39 is 6.04 Å². The summed E-state index contributed by atoms with van der Waals surface area (Å²) in [6, 6.07) is -0.731. The Kier molecular flexibility index (Phi) is 8.28. The number of nitrogens with zero attached hydrogens (tertiary/aromatic N) is 2. The van der Waals surface area contributed by atoms with E-state index in [2.05, 4.69) is 10.6 Å². The first-order valence-electron chi connectivity index (χ1n) is 8.88. The van der Waals surface area contributed by atoms with E-state index in [0.29, 0.717) is 24.9 Å². The summed E-state index contributed by atoms with van der Waals surface area (Å²) in [5.74, 6) is -0.502. The molecule has 1 aliphatic rings. The van der Waals surface area contributed by atoms with Crippen molar-refractivity contribution in [3.63, 3.8) is 0 Å². The fourth-order valence-electron chi connectivity index (χ4n) is 3.17. The third kappa shape index (κ3) is 5.31. The molecule has 0 aromatic carbocycles. The molecule has 0 saturated carbocycles. The van der Waals surface area contributed by atoms with Crippen LogP contribution in [0.15, 0.2) is 11.6 Å².